The Labute approximate surface area is 230 Å². The summed E-state index contributed by atoms with van der Waals surface area (Å²) in [4.78, 5) is 41.1. The van der Waals surface area contributed by atoms with Gasteiger partial charge < -0.3 is 15.0 Å². The number of likely N-dealkylation sites (N-methyl/N-ethyl adjacent to an activating group) is 1. The molecule has 2 amide bonds. The van der Waals surface area contributed by atoms with E-state index < -0.39 is 22.8 Å². The van der Waals surface area contributed by atoms with E-state index in [-0.39, 0.29) is 29.7 Å². The molecule has 0 saturated carbocycles. The van der Waals surface area contributed by atoms with Crippen LogP contribution in [0.2, 0.25) is 0 Å². The van der Waals surface area contributed by atoms with Crippen molar-refractivity contribution in [3.05, 3.63) is 59.7 Å². The molecule has 1 rings (SSSR count). The van der Waals surface area contributed by atoms with Crippen LogP contribution in [0, 0.1) is 17.3 Å². The van der Waals surface area contributed by atoms with Crippen LogP contribution in [0.4, 0.5) is 0 Å². The number of amides is 2. The van der Waals surface area contributed by atoms with Gasteiger partial charge in [0.25, 0.3) is 0 Å². The second-order valence-electron chi connectivity index (χ2n) is 12.0. The number of nitrogens with one attached hydrogen (secondary N) is 1. The van der Waals surface area contributed by atoms with E-state index >= 15 is 0 Å². The van der Waals surface area contributed by atoms with Gasteiger partial charge in [-0.15, -0.1) is 0 Å². The molecule has 0 saturated heterocycles. The maximum Gasteiger partial charge on any atom is 0.330 e. The lowest BCUT2D eigenvalue weighted by Gasteiger charge is -2.40. The topological polar surface area (TPSA) is 75.7 Å². The van der Waals surface area contributed by atoms with Gasteiger partial charge in [0.15, 0.2) is 0 Å². The van der Waals surface area contributed by atoms with E-state index in [1.165, 1.54) is 6.08 Å². The van der Waals surface area contributed by atoms with Crippen molar-refractivity contribution in [2.45, 2.75) is 93.2 Å². The number of ether oxygens (including phenoxy) is 1. The SMILES string of the molecule is CCOC(=O)/C=C/C(C)=C/[C@H](C(C)C)N(C)C(=O)[C@@H](NC(=O)[C@@H](CC)C(C)(C)c1ccccc1)C(C)(C)C. The maximum absolute atomic E-state index is 13.9. The Balaban J connectivity index is 3.25. The van der Waals surface area contributed by atoms with Crippen LogP contribution in [-0.4, -0.2) is 48.4 Å². The lowest BCUT2D eigenvalue weighted by molar-refractivity contribution is -0.141. The minimum Gasteiger partial charge on any atom is -0.463 e. The Morgan fingerprint density at radius 2 is 1.58 bits per heavy atom. The van der Waals surface area contributed by atoms with Crippen molar-refractivity contribution in [1.82, 2.24) is 10.2 Å². The second kappa shape index (κ2) is 14.3. The molecule has 1 aromatic carbocycles. The van der Waals surface area contributed by atoms with E-state index in [1.54, 1.807) is 24.9 Å². The number of carbonyl (C=O) groups excluding carboxylic acids is 3. The fraction of sp³-hybridized carbons (Fsp3) is 0.594. The minimum atomic E-state index is -0.703. The summed E-state index contributed by atoms with van der Waals surface area (Å²) in [5, 5.41) is 3.14. The molecule has 3 atom stereocenters. The van der Waals surface area contributed by atoms with Crippen LogP contribution >= 0.6 is 0 Å². The van der Waals surface area contributed by atoms with Crippen LogP contribution in [0.25, 0.3) is 0 Å². The zero-order valence-electron chi connectivity index (χ0n) is 25.4. The molecule has 0 fully saturated rings. The molecule has 0 spiro atoms. The summed E-state index contributed by atoms with van der Waals surface area (Å²) >= 11 is 0. The molecule has 0 aliphatic heterocycles. The smallest absolute Gasteiger partial charge is 0.330 e. The number of esters is 1. The first-order valence-electron chi connectivity index (χ1n) is 13.7. The van der Waals surface area contributed by atoms with E-state index in [0.29, 0.717) is 13.0 Å². The van der Waals surface area contributed by atoms with Crippen molar-refractivity contribution in [2.24, 2.45) is 17.3 Å². The van der Waals surface area contributed by atoms with Crippen molar-refractivity contribution in [1.29, 1.82) is 0 Å². The quantitative estimate of drug-likeness (QED) is 0.204. The Hall–Kier alpha value is -2.89. The summed E-state index contributed by atoms with van der Waals surface area (Å²) in [7, 11) is 1.78. The fourth-order valence-electron chi connectivity index (χ4n) is 4.80. The van der Waals surface area contributed by atoms with E-state index in [1.807, 2.05) is 72.7 Å². The number of rotatable bonds is 12. The molecule has 38 heavy (non-hydrogen) atoms. The number of hydrogen-bond donors (Lipinski definition) is 1. The molecule has 0 bridgehead atoms. The summed E-state index contributed by atoms with van der Waals surface area (Å²) in [6.07, 6.45) is 5.73. The molecule has 1 N–H and O–H groups in total. The van der Waals surface area contributed by atoms with Gasteiger partial charge in [-0.3, -0.25) is 9.59 Å². The number of benzene rings is 1. The van der Waals surface area contributed by atoms with Gasteiger partial charge in [0.1, 0.15) is 6.04 Å². The zero-order chi connectivity index (χ0) is 29.3. The molecular formula is C32H50N2O4. The molecule has 6 nitrogen and oxygen atoms in total. The van der Waals surface area contributed by atoms with Crippen molar-refractivity contribution >= 4 is 17.8 Å². The van der Waals surface area contributed by atoms with Crippen LogP contribution < -0.4 is 5.32 Å². The first-order chi connectivity index (χ1) is 17.6. The lowest BCUT2D eigenvalue weighted by Crippen LogP contribution is -2.58. The summed E-state index contributed by atoms with van der Waals surface area (Å²) in [5.41, 5.74) is 1.04. The summed E-state index contributed by atoms with van der Waals surface area (Å²) in [5.74, 6) is -0.843. The van der Waals surface area contributed by atoms with E-state index in [9.17, 15) is 14.4 Å². The highest BCUT2D eigenvalue weighted by atomic mass is 16.5. The third-order valence-corrected chi connectivity index (χ3v) is 7.19. The predicted octanol–water partition coefficient (Wildman–Crippen LogP) is 6.07. The molecule has 1 aromatic rings. The fourth-order valence-corrected chi connectivity index (χ4v) is 4.80. The highest BCUT2D eigenvalue weighted by molar-refractivity contribution is 5.90. The molecule has 6 heteroatoms. The number of hydrogen-bond acceptors (Lipinski definition) is 4. The van der Waals surface area contributed by atoms with Crippen molar-refractivity contribution in [2.75, 3.05) is 13.7 Å². The average Bonchev–Trinajstić information content (AvgIpc) is 2.83. The van der Waals surface area contributed by atoms with Gasteiger partial charge in [-0.1, -0.05) is 103 Å². The first-order valence-corrected chi connectivity index (χ1v) is 13.7. The zero-order valence-corrected chi connectivity index (χ0v) is 25.4. The average molecular weight is 527 g/mol. The van der Waals surface area contributed by atoms with Gasteiger partial charge >= 0.3 is 5.97 Å². The molecule has 0 aromatic heterocycles. The van der Waals surface area contributed by atoms with Crippen LogP contribution in [-0.2, 0) is 24.5 Å². The van der Waals surface area contributed by atoms with Crippen molar-refractivity contribution in [3.8, 4) is 0 Å². The van der Waals surface area contributed by atoms with E-state index in [0.717, 1.165) is 11.1 Å². The van der Waals surface area contributed by atoms with Crippen LogP contribution in [0.15, 0.2) is 54.1 Å². The third-order valence-electron chi connectivity index (χ3n) is 7.19. The molecule has 0 aliphatic rings. The second-order valence-corrected chi connectivity index (χ2v) is 12.0. The third kappa shape index (κ3) is 9.14. The molecule has 0 radical (unpaired) electrons. The lowest BCUT2D eigenvalue weighted by atomic mass is 9.71. The highest BCUT2D eigenvalue weighted by Crippen LogP contribution is 2.35. The van der Waals surface area contributed by atoms with Crippen LogP contribution in [0.5, 0.6) is 0 Å². The molecule has 0 aliphatic carbocycles. The van der Waals surface area contributed by atoms with Crippen LogP contribution in [0.1, 0.15) is 81.2 Å². The Kier molecular flexibility index (Phi) is 12.5. The molecule has 0 unspecified atom stereocenters. The standard InChI is InChI=1S/C32H50N2O4/c1-12-25(32(9,10)24-17-15-14-16-18-24)29(36)33-28(31(6,7)8)30(37)34(11)26(22(3)4)21-23(5)19-20-27(35)38-13-2/h14-22,25-26,28H,12-13H2,1-11H3,(H,33,36)/b20-19+,23-21+/t25-,26-,28-/m1/s1. The van der Waals surface area contributed by atoms with Gasteiger partial charge in [-0.2, -0.15) is 0 Å². The Bertz CT molecular complexity index is 986. The molecular weight excluding hydrogens is 476 g/mol. The summed E-state index contributed by atoms with van der Waals surface area (Å²) < 4.78 is 4.96. The van der Waals surface area contributed by atoms with Crippen molar-refractivity contribution < 1.29 is 19.1 Å². The largest absolute Gasteiger partial charge is 0.463 e. The first kappa shape index (κ1) is 33.1. The Morgan fingerprint density at radius 1 is 1.00 bits per heavy atom. The minimum absolute atomic E-state index is 0.117. The van der Waals surface area contributed by atoms with Gasteiger partial charge in [-0.25, -0.2) is 4.79 Å². The normalized spacial score (nSPS) is 15.2. The Morgan fingerprint density at radius 3 is 2.05 bits per heavy atom. The number of nitrogens with zero attached hydrogens (tertiary/aromatic N) is 1. The summed E-state index contributed by atoms with van der Waals surface area (Å²) in [6.45, 7) is 20.2. The number of allylic oxidation sites excluding steroid dienone is 2. The van der Waals surface area contributed by atoms with Gasteiger partial charge in [0.05, 0.1) is 12.6 Å². The van der Waals surface area contributed by atoms with E-state index in [4.69, 9.17) is 4.74 Å². The highest BCUT2D eigenvalue weighted by Gasteiger charge is 2.41. The van der Waals surface area contributed by atoms with Gasteiger partial charge in [0, 0.05) is 24.5 Å². The maximum atomic E-state index is 13.9. The summed E-state index contributed by atoms with van der Waals surface area (Å²) in [6, 6.07) is 9.12. The van der Waals surface area contributed by atoms with Crippen molar-refractivity contribution in [3.63, 3.8) is 0 Å². The molecule has 212 valence electrons. The number of carbonyl (C=O) groups is 3. The van der Waals surface area contributed by atoms with Gasteiger partial charge in [-0.05, 0) is 37.2 Å². The van der Waals surface area contributed by atoms with Crippen LogP contribution in [0.3, 0.4) is 0 Å². The van der Waals surface area contributed by atoms with Gasteiger partial charge in [0.2, 0.25) is 11.8 Å². The van der Waals surface area contributed by atoms with E-state index in [2.05, 4.69) is 31.3 Å². The predicted molar refractivity (Wildman–Crippen MR) is 156 cm³/mol. The molecule has 0 heterocycles. The monoisotopic (exact) mass is 526 g/mol.